The van der Waals surface area contributed by atoms with Crippen LogP contribution in [0.5, 0.6) is 17.2 Å². The van der Waals surface area contributed by atoms with Crippen LogP contribution in [-0.2, 0) is 6.61 Å². The third-order valence-electron chi connectivity index (χ3n) is 2.65. The lowest BCUT2D eigenvalue weighted by molar-refractivity contribution is 0.0696. The molecule has 0 spiro atoms. The number of benzene rings is 1. The van der Waals surface area contributed by atoms with Gasteiger partial charge in [-0.25, -0.2) is 4.79 Å². The van der Waals surface area contributed by atoms with E-state index in [0.29, 0.717) is 23.9 Å². The smallest absolute Gasteiger partial charge is 0.335 e. The number of carboxylic acid groups (broad SMARTS) is 1. The van der Waals surface area contributed by atoms with E-state index >= 15 is 0 Å². The summed E-state index contributed by atoms with van der Waals surface area (Å²) in [5.41, 5.74) is 0.0853. The number of hydrogen-bond acceptors (Lipinski definition) is 5. The van der Waals surface area contributed by atoms with Crippen LogP contribution < -0.4 is 14.2 Å². The van der Waals surface area contributed by atoms with Crippen LogP contribution in [0.1, 0.15) is 15.2 Å². The van der Waals surface area contributed by atoms with Gasteiger partial charge in [0.15, 0.2) is 11.5 Å². The first-order chi connectivity index (χ1) is 9.65. The molecule has 0 aliphatic heterocycles. The van der Waals surface area contributed by atoms with Crippen molar-refractivity contribution >= 4 is 17.3 Å². The lowest BCUT2D eigenvalue weighted by Crippen LogP contribution is -2.03. The van der Waals surface area contributed by atoms with Gasteiger partial charge in [0, 0.05) is 4.88 Å². The fourth-order valence-corrected chi connectivity index (χ4v) is 2.30. The third kappa shape index (κ3) is 3.03. The maximum Gasteiger partial charge on any atom is 0.335 e. The molecular weight excluding hydrogens is 280 g/mol. The molecule has 6 heteroatoms. The highest BCUT2D eigenvalue weighted by Gasteiger charge is 2.17. The summed E-state index contributed by atoms with van der Waals surface area (Å²) in [6, 6.07) is 6.71. The van der Waals surface area contributed by atoms with Crippen LogP contribution in [0, 0.1) is 0 Å². The van der Waals surface area contributed by atoms with E-state index in [4.69, 9.17) is 19.3 Å². The van der Waals surface area contributed by atoms with Crippen molar-refractivity contribution in [1.82, 2.24) is 0 Å². The zero-order valence-electron chi connectivity index (χ0n) is 11.1. The molecule has 1 aromatic carbocycles. The third-order valence-corrected chi connectivity index (χ3v) is 3.50. The van der Waals surface area contributed by atoms with Gasteiger partial charge in [-0.15, -0.1) is 11.3 Å². The van der Waals surface area contributed by atoms with E-state index in [1.807, 2.05) is 17.5 Å². The summed E-state index contributed by atoms with van der Waals surface area (Å²) < 4.78 is 16.1. The molecule has 0 saturated carbocycles. The Hall–Kier alpha value is -2.21. The molecule has 2 rings (SSSR count). The molecule has 106 valence electrons. The Morgan fingerprint density at radius 3 is 2.35 bits per heavy atom. The van der Waals surface area contributed by atoms with Crippen LogP contribution in [0.2, 0.25) is 0 Å². The Balaban J connectivity index is 2.32. The molecule has 0 amide bonds. The van der Waals surface area contributed by atoms with Crippen molar-refractivity contribution in [1.29, 1.82) is 0 Å². The summed E-state index contributed by atoms with van der Waals surface area (Å²) in [5, 5.41) is 11.0. The fourth-order valence-electron chi connectivity index (χ4n) is 1.68. The molecule has 1 aromatic heterocycles. The molecule has 20 heavy (non-hydrogen) atoms. The average Bonchev–Trinajstić information content (AvgIpc) is 2.97. The maximum atomic E-state index is 11.0. The number of thiophene rings is 1. The molecule has 1 heterocycles. The molecule has 0 aliphatic rings. The molecule has 0 unspecified atom stereocenters. The molecule has 2 aromatic rings. The molecule has 5 nitrogen and oxygen atoms in total. The van der Waals surface area contributed by atoms with Crippen LogP contribution >= 0.6 is 11.3 Å². The van der Waals surface area contributed by atoms with Gasteiger partial charge in [0.25, 0.3) is 0 Å². The van der Waals surface area contributed by atoms with E-state index in [2.05, 4.69) is 0 Å². The first-order valence-electron chi connectivity index (χ1n) is 5.80. The highest BCUT2D eigenvalue weighted by atomic mass is 32.1. The second kappa shape index (κ2) is 6.29. The number of aromatic carboxylic acids is 1. The van der Waals surface area contributed by atoms with Crippen molar-refractivity contribution in [3.63, 3.8) is 0 Å². The van der Waals surface area contributed by atoms with E-state index in [-0.39, 0.29) is 5.56 Å². The summed E-state index contributed by atoms with van der Waals surface area (Å²) in [4.78, 5) is 12.1. The predicted octanol–water partition coefficient (Wildman–Crippen LogP) is 3.04. The summed E-state index contributed by atoms with van der Waals surface area (Å²) in [6.45, 7) is 0.372. The van der Waals surface area contributed by atoms with Gasteiger partial charge >= 0.3 is 5.97 Å². The van der Waals surface area contributed by atoms with E-state index in [0.717, 1.165) is 4.88 Å². The number of carbonyl (C=O) groups is 1. The molecule has 0 atom stereocenters. The number of methoxy groups -OCH3 is 2. The van der Waals surface area contributed by atoms with Crippen LogP contribution in [0.25, 0.3) is 0 Å². The molecule has 0 fully saturated rings. The first-order valence-corrected chi connectivity index (χ1v) is 6.68. The Morgan fingerprint density at radius 2 is 1.90 bits per heavy atom. The first kappa shape index (κ1) is 14.2. The van der Waals surface area contributed by atoms with Gasteiger partial charge in [-0.1, -0.05) is 6.07 Å². The Bertz CT molecular complexity index is 567. The van der Waals surface area contributed by atoms with Crippen molar-refractivity contribution in [2.75, 3.05) is 14.2 Å². The molecular formula is C14H14O5S. The predicted molar refractivity (Wildman–Crippen MR) is 75.2 cm³/mol. The van der Waals surface area contributed by atoms with Crippen molar-refractivity contribution in [3.8, 4) is 17.2 Å². The summed E-state index contributed by atoms with van der Waals surface area (Å²) in [6.07, 6.45) is 0. The quantitative estimate of drug-likeness (QED) is 0.887. The van der Waals surface area contributed by atoms with Gasteiger partial charge in [0.05, 0.1) is 19.8 Å². The SMILES string of the molecule is COc1cc(C(=O)O)cc(OC)c1OCc1cccs1. The van der Waals surface area contributed by atoms with Gasteiger partial charge in [-0.2, -0.15) is 0 Å². The minimum Gasteiger partial charge on any atom is -0.493 e. The number of ether oxygens (including phenoxy) is 3. The molecule has 0 aliphatic carbocycles. The minimum absolute atomic E-state index is 0.0853. The van der Waals surface area contributed by atoms with Gasteiger partial charge in [-0.3, -0.25) is 0 Å². The second-order valence-electron chi connectivity index (χ2n) is 3.88. The van der Waals surface area contributed by atoms with Crippen LogP contribution in [0.3, 0.4) is 0 Å². The monoisotopic (exact) mass is 294 g/mol. The maximum absolute atomic E-state index is 11.0. The highest BCUT2D eigenvalue weighted by Crippen LogP contribution is 2.39. The van der Waals surface area contributed by atoms with Crippen molar-refractivity contribution in [2.24, 2.45) is 0 Å². The standard InChI is InChI=1S/C14H14O5S/c1-17-11-6-9(14(15)16)7-12(18-2)13(11)19-8-10-4-3-5-20-10/h3-7H,8H2,1-2H3,(H,15,16). The van der Waals surface area contributed by atoms with E-state index < -0.39 is 5.97 Å². The lowest BCUT2D eigenvalue weighted by Gasteiger charge is -2.14. The highest BCUT2D eigenvalue weighted by molar-refractivity contribution is 7.09. The van der Waals surface area contributed by atoms with Gasteiger partial charge in [-0.05, 0) is 23.6 Å². The molecule has 0 bridgehead atoms. The van der Waals surface area contributed by atoms with Crippen molar-refractivity contribution in [3.05, 3.63) is 40.1 Å². The number of carboxylic acids is 1. The van der Waals surface area contributed by atoms with Gasteiger partial charge in [0.2, 0.25) is 5.75 Å². The summed E-state index contributed by atoms with van der Waals surface area (Å²) >= 11 is 1.58. The van der Waals surface area contributed by atoms with E-state index in [1.165, 1.54) is 26.4 Å². The minimum atomic E-state index is -1.05. The van der Waals surface area contributed by atoms with Crippen LogP contribution in [0.15, 0.2) is 29.6 Å². The second-order valence-corrected chi connectivity index (χ2v) is 4.92. The summed E-state index contributed by atoms with van der Waals surface area (Å²) in [5.74, 6) is 0.0106. The Kier molecular flexibility index (Phi) is 4.47. The zero-order valence-corrected chi connectivity index (χ0v) is 11.9. The normalized spacial score (nSPS) is 10.1. The van der Waals surface area contributed by atoms with Crippen LogP contribution in [0.4, 0.5) is 0 Å². The van der Waals surface area contributed by atoms with Crippen molar-refractivity contribution < 1.29 is 24.1 Å². The molecule has 0 radical (unpaired) electrons. The number of rotatable bonds is 6. The average molecular weight is 294 g/mol. The largest absolute Gasteiger partial charge is 0.493 e. The number of hydrogen-bond donors (Lipinski definition) is 1. The lowest BCUT2D eigenvalue weighted by atomic mass is 10.2. The summed E-state index contributed by atoms with van der Waals surface area (Å²) in [7, 11) is 2.91. The fraction of sp³-hybridized carbons (Fsp3) is 0.214. The topological polar surface area (TPSA) is 65.0 Å². The Labute approximate surface area is 120 Å². The van der Waals surface area contributed by atoms with E-state index in [9.17, 15) is 4.79 Å². The van der Waals surface area contributed by atoms with Gasteiger partial charge < -0.3 is 19.3 Å². The molecule has 0 saturated heterocycles. The Morgan fingerprint density at radius 1 is 1.25 bits per heavy atom. The van der Waals surface area contributed by atoms with Gasteiger partial charge in [0.1, 0.15) is 6.61 Å². The zero-order chi connectivity index (χ0) is 14.5. The van der Waals surface area contributed by atoms with E-state index in [1.54, 1.807) is 11.3 Å². The van der Waals surface area contributed by atoms with Crippen molar-refractivity contribution in [2.45, 2.75) is 6.61 Å². The molecule has 1 N–H and O–H groups in total. The van der Waals surface area contributed by atoms with Crippen LogP contribution in [-0.4, -0.2) is 25.3 Å².